The molecular formula is C20H15Cl3N2O4S. The van der Waals surface area contributed by atoms with Gasteiger partial charge in [-0.25, -0.2) is 0 Å². The van der Waals surface area contributed by atoms with Gasteiger partial charge in [0.05, 0.1) is 35.0 Å². The number of nitrogens with one attached hydrogen (secondary N) is 2. The summed E-state index contributed by atoms with van der Waals surface area (Å²) in [7, 11) is 2.97. The minimum Gasteiger partial charge on any atom is -0.495 e. The molecule has 0 bridgehead atoms. The van der Waals surface area contributed by atoms with Crippen LogP contribution in [0.4, 0.5) is 5.69 Å². The highest BCUT2D eigenvalue weighted by molar-refractivity contribution is 7.80. The molecule has 0 aliphatic carbocycles. The molecule has 0 atom stereocenters. The Morgan fingerprint density at radius 2 is 1.73 bits per heavy atom. The quantitative estimate of drug-likeness (QED) is 0.429. The number of methoxy groups -OCH3 is 2. The molecule has 0 aliphatic rings. The first-order chi connectivity index (χ1) is 14.3. The van der Waals surface area contributed by atoms with E-state index in [0.717, 1.165) is 0 Å². The van der Waals surface area contributed by atoms with E-state index in [1.807, 2.05) is 0 Å². The maximum atomic E-state index is 12.5. The molecule has 0 spiro atoms. The first-order valence-electron chi connectivity index (χ1n) is 8.42. The fourth-order valence-corrected chi connectivity index (χ4v) is 3.40. The molecule has 1 amide bonds. The zero-order chi connectivity index (χ0) is 21.8. The average Bonchev–Trinajstić information content (AvgIpc) is 3.21. The summed E-state index contributed by atoms with van der Waals surface area (Å²) in [6, 6.07) is 11.4. The molecule has 1 heterocycles. The highest BCUT2D eigenvalue weighted by atomic mass is 35.5. The number of benzene rings is 2. The van der Waals surface area contributed by atoms with Gasteiger partial charge in [0.2, 0.25) is 0 Å². The second-order valence-corrected chi connectivity index (χ2v) is 7.46. The first-order valence-corrected chi connectivity index (χ1v) is 9.96. The lowest BCUT2D eigenvalue weighted by atomic mass is 10.2. The second-order valence-electron chi connectivity index (χ2n) is 5.86. The van der Waals surface area contributed by atoms with Gasteiger partial charge in [-0.2, -0.15) is 0 Å². The van der Waals surface area contributed by atoms with Crippen molar-refractivity contribution in [3.8, 4) is 22.8 Å². The average molecular weight is 486 g/mol. The topological polar surface area (TPSA) is 72.7 Å². The number of thiocarbonyl (C=S) groups is 1. The standard InChI is InChI=1S/C20H15Cl3N2O4S/c1-27-16-9-13(17(28-2)8-12(16)22)24-20(30)25-19(26)15-7-6-14(29-15)10-4-3-5-11(21)18(10)23/h3-9H,1-2H3,(H2,24,25,26,30). The third-order valence-electron chi connectivity index (χ3n) is 4.00. The molecule has 3 rings (SSSR count). The second kappa shape index (κ2) is 9.57. The van der Waals surface area contributed by atoms with Gasteiger partial charge in [-0.3, -0.25) is 10.1 Å². The van der Waals surface area contributed by atoms with Crippen LogP contribution >= 0.6 is 47.0 Å². The number of furan rings is 1. The van der Waals surface area contributed by atoms with Crippen molar-refractivity contribution in [1.29, 1.82) is 0 Å². The van der Waals surface area contributed by atoms with E-state index in [2.05, 4.69) is 10.6 Å². The number of anilines is 1. The van der Waals surface area contributed by atoms with E-state index in [-0.39, 0.29) is 10.9 Å². The van der Waals surface area contributed by atoms with Gasteiger partial charge < -0.3 is 19.2 Å². The molecule has 0 radical (unpaired) electrons. The van der Waals surface area contributed by atoms with Crippen LogP contribution in [0.5, 0.6) is 11.5 Å². The van der Waals surface area contributed by atoms with Crippen molar-refractivity contribution in [1.82, 2.24) is 5.32 Å². The van der Waals surface area contributed by atoms with E-state index in [0.29, 0.717) is 43.6 Å². The Morgan fingerprint density at radius 3 is 2.43 bits per heavy atom. The molecule has 156 valence electrons. The highest BCUT2D eigenvalue weighted by Crippen LogP contribution is 2.36. The molecule has 0 aliphatic heterocycles. The fourth-order valence-electron chi connectivity index (χ4n) is 2.58. The van der Waals surface area contributed by atoms with Crippen molar-refractivity contribution in [3.63, 3.8) is 0 Å². The van der Waals surface area contributed by atoms with Gasteiger partial charge in [-0.1, -0.05) is 40.9 Å². The van der Waals surface area contributed by atoms with Crippen molar-refractivity contribution in [2.45, 2.75) is 0 Å². The number of carbonyl (C=O) groups excluding carboxylic acids is 1. The van der Waals surface area contributed by atoms with Crippen LogP contribution in [0.25, 0.3) is 11.3 Å². The Hall–Kier alpha value is -2.45. The fraction of sp³-hybridized carbons (Fsp3) is 0.100. The monoisotopic (exact) mass is 484 g/mol. The Kier molecular flexibility index (Phi) is 7.10. The third-order valence-corrected chi connectivity index (χ3v) is 5.31. The molecule has 6 nitrogen and oxygen atoms in total. The third kappa shape index (κ3) is 4.82. The van der Waals surface area contributed by atoms with Crippen LogP contribution in [0.3, 0.4) is 0 Å². The number of hydrogen-bond donors (Lipinski definition) is 2. The zero-order valence-electron chi connectivity index (χ0n) is 15.7. The molecule has 0 unspecified atom stereocenters. The van der Waals surface area contributed by atoms with Crippen molar-refractivity contribution in [2.75, 3.05) is 19.5 Å². The molecule has 1 aromatic heterocycles. The predicted molar refractivity (Wildman–Crippen MR) is 122 cm³/mol. The predicted octanol–water partition coefficient (Wildman–Crippen LogP) is 6.05. The van der Waals surface area contributed by atoms with Gasteiger partial charge in [0.25, 0.3) is 5.91 Å². The van der Waals surface area contributed by atoms with Crippen LogP contribution < -0.4 is 20.1 Å². The van der Waals surface area contributed by atoms with Gasteiger partial charge in [0.1, 0.15) is 17.3 Å². The van der Waals surface area contributed by atoms with Crippen molar-refractivity contribution in [3.05, 3.63) is 63.3 Å². The Balaban J connectivity index is 1.74. The van der Waals surface area contributed by atoms with Crippen molar-refractivity contribution in [2.24, 2.45) is 0 Å². The lowest BCUT2D eigenvalue weighted by Crippen LogP contribution is -2.34. The van der Waals surface area contributed by atoms with Crippen LogP contribution in [0.15, 0.2) is 46.9 Å². The van der Waals surface area contributed by atoms with E-state index >= 15 is 0 Å². The first kappa shape index (κ1) is 22.2. The van der Waals surface area contributed by atoms with Crippen LogP contribution in [-0.4, -0.2) is 25.2 Å². The lowest BCUT2D eigenvalue weighted by Gasteiger charge is -2.14. The van der Waals surface area contributed by atoms with Gasteiger partial charge >= 0.3 is 0 Å². The van der Waals surface area contributed by atoms with Crippen molar-refractivity contribution < 1.29 is 18.7 Å². The van der Waals surface area contributed by atoms with E-state index in [9.17, 15) is 4.79 Å². The minimum absolute atomic E-state index is 0.0291. The van der Waals surface area contributed by atoms with Gasteiger partial charge in [-0.05, 0) is 36.5 Å². The maximum Gasteiger partial charge on any atom is 0.293 e. The molecule has 0 saturated heterocycles. The highest BCUT2D eigenvalue weighted by Gasteiger charge is 2.17. The van der Waals surface area contributed by atoms with Gasteiger partial charge in [-0.15, -0.1) is 0 Å². The Morgan fingerprint density at radius 1 is 1.00 bits per heavy atom. The largest absolute Gasteiger partial charge is 0.495 e. The number of amides is 1. The summed E-state index contributed by atoms with van der Waals surface area (Å²) < 4.78 is 16.1. The summed E-state index contributed by atoms with van der Waals surface area (Å²) in [6.07, 6.45) is 0. The molecule has 3 aromatic rings. The number of ether oxygens (including phenoxy) is 2. The number of halogens is 3. The van der Waals surface area contributed by atoms with Crippen LogP contribution in [-0.2, 0) is 0 Å². The SMILES string of the molecule is COc1cc(NC(=S)NC(=O)c2ccc(-c3cccc(Cl)c3Cl)o2)c(OC)cc1Cl. The van der Waals surface area contributed by atoms with Gasteiger partial charge in [0.15, 0.2) is 10.9 Å². The molecule has 2 aromatic carbocycles. The maximum absolute atomic E-state index is 12.5. The lowest BCUT2D eigenvalue weighted by molar-refractivity contribution is 0.0951. The molecule has 30 heavy (non-hydrogen) atoms. The smallest absolute Gasteiger partial charge is 0.293 e. The summed E-state index contributed by atoms with van der Waals surface area (Å²) in [6.45, 7) is 0. The summed E-state index contributed by atoms with van der Waals surface area (Å²) in [5.74, 6) is 0.745. The van der Waals surface area contributed by atoms with Gasteiger partial charge in [0, 0.05) is 17.7 Å². The minimum atomic E-state index is -0.545. The van der Waals surface area contributed by atoms with Crippen molar-refractivity contribution >= 4 is 63.7 Å². The summed E-state index contributed by atoms with van der Waals surface area (Å²) in [4.78, 5) is 12.5. The summed E-state index contributed by atoms with van der Waals surface area (Å²) in [5, 5.41) is 6.53. The molecule has 0 fully saturated rings. The van der Waals surface area contributed by atoms with Crippen LogP contribution in [0.2, 0.25) is 15.1 Å². The summed E-state index contributed by atoms with van der Waals surface area (Å²) in [5.41, 5.74) is 1.04. The normalized spacial score (nSPS) is 10.4. The molecular weight excluding hydrogens is 471 g/mol. The van der Waals surface area contributed by atoms with E-state index in [1.54, 1.807) is 36.4 Å². The van der Waals surface area contributed by atoms with Crippen LogP contribution in [0.1, 0.15) is 10.6 Å². The van der Waals surface area contributed by atoms with E-state index in [4.69, 9.17) is 60.9 Å². The molecule has 2 N–H and O–H groups in total. The molecule has 10 heteroatoms. The number of rotatable bonds is 5. The summed E-state index contributed by atoms with van der Waals surface area (Å²) >= 11 is 23.5. The van der Waals surface area contributed by atoms with Crippen LogP contribution in [0, 0.1) is 0 Å². The Bertz CT molecular complexity index is 1120. The number of hydrogen-bond acceptors (Lipinski definition) is 5. The zero-order valence-corrected chi connectivity index (χ0v) is 18.8. The Labute approximate surface area is 193 Å². The number of carbonyl (C=O) groups is 1. The molecule has 0 saturated carbocycles. The van der Waals surface area contributed by atoms with E-state index < -0.39 is 5.91 Å². The van der Waals surface area contributed by atoms with E-state index in [1.165, 1.54) is 20.3 Å².